The summed E-state index contributed by atoms with van der Waals surface area (Å²) in [4.78, 5) is 15.4. The van der Waals surface area contributed by atoms with Gasteiger partial charge in [0, 0.05) is 19.2 Å². The molecule has 0 fully saturated rings. The van der Waals surface area contributed by atoms with Gasteiger partial charge in [0.25, 0.3) is 5.91 Å². The zero-order valence-corrected chi connectivity index (χ0v) is 16.2. The summed E-state index contributed by atoms with van der Waals surface area (Å²) >= 11 is 0. The van der Waals surface area contributed by atoms with Gasteiger partial charge in [0.05, 0.1) is 5.69 Å². The molecule has 29 heavy (non-hydrogen) atoms. The van der Waals surface area contributed by atoms with E-state index in [1.807, 2.05) is 66.4 Å². The van der Waals surface area contributed by atoms with Gasteiger partial charge in [-0.1, -0.05) is 42.5 Å². The molecule has 0 radical (unpaired) electrons. The fourth-order valence-electron chi connectivity index (χ4n) is 3.82. The van der Waals surface area contributed by atoms with Gasteiger partial charge in [-0.3, -0.25) is 4.79 Å². The Morgan fingerprint density at radius 2 is 1.72 bits per heavy atom. The lowest BCUT2D eigenvalue weighted by Crippen LogP contribution is -2.36. The molecule has 144 valence electrons. The molecule has 5 nitrogen and oxygen atoms in total. The summed E-state index contributed by atoms with van der Waals surface area (Å²) in [5, 5.41) is 4.70. The van der Waals surface area contributed by atoms with Crippen molar-refractivity contribution in [2.75, 3.05) is 6.54 Å². The Morgan fingerprint density at radius 1 is 0.966 bits per heavy atom. The number of hydrogen-bond acceptors (Lipinski definition) is 3. The third-order valence-electron chi connectivity index (χ3n) is 5.34. The molecular weight excluding hydrogens is 362 g/mol. The van der Waals surface area contributed by atoms with Gasteiger partial charge in [-0.15, -0.1) is 0 Å². The van der Waals surface area contributed by atoms with Gasteiger partial charge in [-0.05, 0) is 48.7 Å². The van der Waals surface area contributed by atoms with E-state index in [0.29, 0.717) is 30.2 Å². The van der Waals surface area contributed by atoms with Gasteiger partial charge >= 0.3 is 0 Å². The highest BCUT2D eigenvalue weighted by Crippen LogP contribution is 2.26. The molecule has 1 aliphatic heterocycles. The minimum Gasteiger partial charge on any atom is -0.460 e. The Labute approximate surface area is 169 Å². The van der Waals surface area contributed by atoms with Crippen molar-refractivity contribution in [3.8, 4) is 17.1 Å². The molecule has 2 aromatic carbocycles. The second-order valence-electron chi connectivity index (χ2n) is 7.32. The monoisotopic (exact) mass is 383 g/mol. The number of aromatic nitrogens is 2. The summed E-state index contributed by atoms with van der Waals surface area (Å²) < 4.78 is 7.46. The van der Waals surface area contributed by atoms with Crippen LogP contribution in [-0.4, -0.2) is 27.1 Å². The van der Waals surface area contributed by atoms with E-state index < -0.39 is 0 Å². The Kier molecular flexibility index (Phi) is 4.28. The quantitative estimate of drug-likeness (QED) is 0.518. The number of rotatable bonds is 3. The minimum absolute atomic E-state index is 0.0228. The highest BCUT2D eigenvalue weighted by molar-refractivity contribution is 5.94. The van der Waals surface area contributed by atoms with E-state index in [1.54, 1.807) is 4.68 Å². The zero-order valence-electron chi connectivity index (χ0n) is 16.2. The molecule has 1 aliphatic rings. The molecule has 0 saturated carbocycles. The number of para-hydroxylation sites is 1. The molecule has 5 heteroatoms. The highest BCUT2D eigenvalue weighted by Gasteiger charge is 2.26. The summed E-state index contributed by atoms with van der Waals surface area (Å²) in [6.45, 7) is 3.21. The molecule has 0 spiro atoms. The van der Waals surface area contributed by atoms with Crippen LogP contribution in [0.4, 0.5) is 0 Å². The first-order valence-corrected chi connectivity index (χ1v) is 9.77. The third kappa shape index (κ3) is 3.25. The van der Waals surface area contributed by atoms with Crippen molar-refractivity contribution in [3.05, 3.63) is 95.4 Å². The van der Waals surface area contributed by atoms with Crippen LogP contribution >= 0.6 is 0 Å². The van der Waals surface area contributed by atoms with Crippen LogP contribution in [0.15, 0.2) is 77.2 Å². The van der Waals surface area contributed by atoms with Crippen molar-refractivity contribution >= 4 is 5.91 Å². The van der Waals surface area contributed by atoms with E-state index in [1.165, 1.54) is 11.1 Å². The summed E-state index contributed by atoms with van der Waals surface area (Å²) in [7, 11) is 0. The second-order valence-corrected chi connectivity index (χ2v) is 7.32. The Hall–Kier alpha value is -3.60. The lowest BCUT2D eigenvalue weighted by atomic mass is 10.00. The van der Waals surface area contributed by atoms with Gasteiger partial charge in [-0.2, -0.15) is 5.10 Å². The average Bonchev–Trinajstić information content (AvgIpc) is 3.40. The van der Waals surface area contributed by atoms with Crippen LogP contribution in [0.1, 0.15) is 27.4 Å². The Bertz CT molecular complexity index is 1170. The van der Waals surface area contributed by atoms with Crippen molar-refractivity contribution in [1.82, 2.24) is 14.7 Å². The van der Waals surface area contributed by atoms with Crippen LogP contribution < -0.4 is 0 Å². The van der Waals surface area contributed by atoms with E-state index in [4.69, 9.17) is 9.52 Å². The fraction of sp³-hybridized carbons (Fsp3) is 0.167. The predicted molar refractivity (Wildman–Crippen MR) is 111 cm³/mol. The molecule has 1 amide bonds. The van der Waals surface area contributed by atoms with E-state index in [9.17, 15) is 4.79 Å². The van der Waals surface area contributed by atoms with Crippen LogP contribution in [0.25, 0.3) is 17.1 Å². The van der Waals surface area contributed by atoms with Gasteiger partial charge in [0.2, 0.25) is 0 Å². The zero-order chi connectivity index (χ0) is 19.8. The first kappa shape index (κ1) is 17.5. The normalized spacial score (nSPS) is 13.3. The standard InChI is InChI=1S/C24H21N3O2/c1-17-11-12-23(29-17)21-15-22(27(25-21)20-9-3-2-4-10-20)24(28)26-14-13-18-7-5-6-8-19(18)16-26/h2-12,15H,13-14,16H2,1H3. The number of hydrogen-bond donors (Lipinski definition) is 0. The number of carbonyl (C=O) groups is 1. The van der Waals surface area contributed by atoms with Crippen molar-refractivity contribution in [2.45, 2.75) is 19.9 Å². The number of fused-ring (bicyclic) bond motifs is 1. The lowest BCUT2D eigenvalue weighted by Gasteiger charge is -2.29. The summed E-state index contributed by atoms with van der Waals surface area (Å²) in [5.41, 5.74) is 4.57. The molecule has 0 N–H and O–H groups in total. The largest absolute Gasteiger partial charge is 0.460 e. The topological polar surface area (TPSA) is 51.3 Å². The van der Waals surface area contributed by atoms with Gasteiger partial charge in [0.15, 0.2) is 5.76 Å². The lowest BCUT2D eigenvalue weighted by molar-refractivity contribution is 0.0725. The predicted octanol–water partition coefficient (Wildman–Crippen LogP) is 4.64. The number of nitrogens with zero attached hydrogens (tertiary/aromatic N) is 3. The van der Waals surface area contributed by atoms with E-state index >= 15 is 0 Å². The van der Waals surface area contributed by atoms with Crippen molar-refractivity contribution < 1.29 is 9.21 Å². The molecule has 0 bridgehead atoms. The SMILES string of the molecule is Cc1ccc(-c2cc(C(=O)N3CCc4ccccc4C3)n(-c3ccccc3)n2)o1. The maximum atomic E-state index is 13.5. The molecule has 0 saturated heterocycles. The van der Waals surface area contributed by atoms with Crippen molar-refractivity contribution in [2.24, 2.45) is 0 Å². The van der Waals surface area contributed by atoms with E-state index in [2.05, 4.69) is 18.2 Å². The molecule has 4 aromatic rings. The van der Waals surface area contributed by atoms with Crippen LogP contribution in [0, 0.1) is 6.92 Å². The van der Waals surface area contributed by atoms with Crippen LogP contribution in [0.3, 0.4) is 0 Å². The van der Waals surface area contributed by atoms with E-state index in [-0.39, 0.29) is 5.91 Å². The molecular formula is C24H21N3O2. The molecule has 5 rings (SSSR count). The number of benzene rings is 2. The van der Waals surface area contributed by atoms with Gasteiger partial charge < -0.3 is 9.32 Å². The van der Waals surface area contributed by atoms with Crippen LogP contribution in [0.2, 0.25) is 0 Å². The first-order chi connectivity index (χ1) is 14.2. The smallest absolute Gasteiger partial charge is 0.272 e. The fourth-order valence-corrected chi connectivity index (χ4v) is 3.82. The number of amides is 1. The maximum absolute atomic E-state index is 13.5. The first-order valence-electron chi connectivity index (χ1n) is 9.77. The summed E-state index contributed by atoms with van der Waals surface area (Å²) in [5.74, 6) is 1.45. The van der Waals surface area contributed by atoms with Crippen molar-refractivity contribution in [1.29, 1.82) is 0 Å². The van der Waals surface area contributed by atoms with Gasteiger partial charge in [-0.25, -0.2) is 4.68 Å². The minimum atomic E-state index is -0.0228. The summed E-state index contributed by atoms with van der Waals surface area (Å²) in [6.07, 6.45) is 0.867. The highest BCUT2D eigenvalue weighted by atomic mass is 16.3. The third-order valence-corrected chi connectivity index (χ3v) is 5.34. The van der Waals surface area contributed by atoms with Crippen molar-refractivity contribution in [3.63, 3.8) is 0 Å². The Balaban J connectivity index is 1.55. The maximum Gasteiger partial charge on any atom is 0.272 e. The van der Waals surface area contributed by atoms with Gasteiger partial charge in [0.1, 0.15) is 17.1 Å². The number of furan rings is 1. The molecule has 0 atom stereocenters. The number of aryl methyl sites for hydroxylation is 1. The second kappa shape index (κ2) is 7.09. The van der Waals surface area contributed by atoms with E-state index in [0.717, 1.165) is 17.9 Å². The molecule has 2 aromatic heterocycles. The molecule has 3 heterocycles. The number of carbonyl (C=O) groups excluding carboxylic acids is 1. The average molecular weight is 383 g/mol. The van der Waals surface area contributed by atoms with Crippen LogP contribution in [0.5, 0.6) is 0 Å². The Morgan fingerprint density at radius 3 is 2.48 bits per heavy atom. The summed E-state index contributed by atoms with van der Waals surface area (Å²) in [6, 6.07) is 23.7. The van der Waals surface area contributed by atoms with Crippen LogP contribution in [-0.2, 0) is 13.0 Å². The molecule has 0 unspecified atom stereocenters. The molecule has 0 aliphatic carbocycles.